The predicted molar refractivity (Wildman–Crippen MR) is 167 cm³/mol. The van der Waals surface area contributed by atoms with E-state index in [1.807, 2.05) is 60.7 Å². The molecule has 3 aromatic rings. The van der Waals surface area contributed by atoms with Crippen LogP contribution in [-0.2, 0) is 14.3 Å². The summed E-state index contributed by atoms with van der Waals surface area (Å²) in [4.78, 5) is 42.0. The van der Waals surface area contributed by atoms with Crippen LogP contribution in [0, 0.1) is 0 Å². The number of alkyl carbamates (subject to hydrolysis) is 1. The molecule has 2 unspecified atom stereocenters. The van der Waals surface area contributed by atoms with Gasteiger partial charge in [-0.1, -0.05) is 99.7 Å². The molecule has 0 saturated carbocycles. The largest absolute Gasteiger partial charge is 0.444 e. The Labute approximate surface area is 249 Å². The maximum absolute atomic E-state index is 14.0. The van der Waals surface area contributed by atoms with Crippen molar-refractivity contribution >= 4 is 34.4 Å². The van der Waals surface area contributed by atoms with E-state index in [0.29, 0.717) is 17.7 Å². The van der Waals surface area contributed by atoms with Crippen molar-refractivity contribution in [3.8, 4) is 0 Å². The van der Waals surface area contributed by atoms with Gasteiger partial charge in [-0.2, -0.15) is 0 Å². The van der Waals surface area contributed by atoms with Gasteiger partial charge in [0, 0.05) is 12.2 Å². The fourth-order valence-electron chi connectivity index (χ4n) is 4.85. The number of hydrogen-bond acceptors (Lipinski definition) is 5. The number of anilines is 1. The SMILES string of the molecule is CCCCCCCCN(C(=O)C(CO)NC(=O)OC(C)(C)C)C(C(=O)Nc1ccc2ccccc2c1)c1ccccc1. The Morgan fingerprint density at radius 3 is 2.17 bits per heavy atom. The van der Waals surface area contributed by atoms with Gasteiger partial charge < -0.3 is 25.4 Å². The molecule has 0 heterocycles. The molecule has 3 aromatic carbocycles. The number of carbonyl (C=O) groups is 3. The number of benzene rings is 3. The highest BCUT2D eigenvalue weighted by atomic mass is 16.6. The lowest BCUT2D eigenvalue weighted by Crippen LogP contribution is -2.54. The van der Waals surface area contributed by atoms with E-state index in [1.165, 1.54) is 4.90 Å². The Kier molecular flexibility index (Phi) is 12.4. The first-order valence-electron chi connectivity index (χ1n) is 14.9. The molecule has 0 aliphatic rings. The first-order chi connectivity index (χ1) is 20.1. The molecule has 8 heteroatoms. The monoisotopic (exact) mass is 575 g/mol. The van der Waals surface area contributed by atoms with E-state index >= 15 is 0 Å². The third-order valence-electron chi connectivity index (χ3n) is 6.90. The van der Waals surface area contributed by atoms with Gasteiger partial charge in [-0.05, 0) is 55.7 Å². The summed E-state index contributed by atoms with van der Waals surface area (Å²) in [7, 11) is 0. The first-order valence-corrected chi connectivity index (χ1v) is 14.9. The smallest absolute Gasteiger partial charge is 0.408 e. The van der Waals surface area contributed by atoms with Crippen LogP contribution in [0.4, 0.5) is 10.5 Å². The van der Waals surface area contributed by atoms with Crippen molar-refractivity contribution in [2.24, 2.45) is 0 Å². The van der Waals surface area contributed by atoms with Crippen LogP contribution < -0.4 is 10.6 Å². The van der Waals surface area contributed by atoms with Gasteiger partial charge in [0.1, 0.15) is 17.7 Å². The van der Waals surface area contributed by atoms with E-state index in [2.05, 4.69) is 17.6 Å². The molecule has 0 fully saturated rings. The molecule has 226 valence electrons. The van der Waals surface area contributed by atoms with Crippen molar-refractivity contribution in [3.05, 3.63) is 78.4 Å². The molecule has 3 rings (SSSR count). The van der Waals surface area contributed by atoms with Crippen LogP contribution in [0.1, 0.15) is 77.8 Å². The third kappa shape index (κ3) is 9.87. The van der Waals surface area contributed by atoms with Crippen molar-refractivity contribution in [2.45, 2.75) is 83.9 Å². The summed E-state index contributed by atoms with van der Waals surface area (Å²) in [6.45, 7) is 6.95. The topological polar surface area (TPSA) is 108 Å². The average Bonchev–Trinajstić information content (AvgIpc) is 2.96. The standard InChI is InChI=1S/C34H45N3O5/c1-5-6-7-8-9-15-22-37(32(40)29(24-38)36-33(41)42-34(2,3)4)30(26-17-11-10-12-18-26)31(39)35-28-21-20-25-16-13-14-19-27(25)23-28/h10-14,16-21,23,29-30,38H,5-9,15,22,24H2,1-4H3,(H,35,39)(H,36,41). The Balaban J connectivity index is 1.92. The highest BCUT2D eigenvalue weighted by molar-refractivity contribution is 6.00. The molecule has 0 radical (unpaired) electrons. The van der Waals surface area contributed by atoms with Gasteiger partial charge in [-0.25, -0.2) is 4.79 Å². The van der Waals surface area contributed by atoms with Crippen LogP contribution >= 0.6 is 0 Å². The fourth-order valence-corrected chi connectivity index (χ4v) is 4.85. The lowest BCUT2D eigenvalue weighted by Gasteiger charge is -2.34. The van der Waals surface area contributed by atoms with Crippen LogP contribution in [-0.4, -0.2) is 52.7 Å². The van der Waals surface area contributed by atoms with Crippen LogP contribution in [0.2, 0.25) is 0 Å². The molecule has 0 bridgehead atoms. The van der Waals surface area contributed by atoms with E-state index < -0.39 is 36.3 Å². The molecule has 0 aliphatic carbocycles. The van der Waals surface area contributed by atoms with Crippen LogP contribution in [0.15, 0.2) is 72.8 Å². The van der Waals surface area contributed by atoms with E-state index in [0.717, 1.165) is 42.9 Å². The zero-order valence-corrected chi connectivity index (χ0v) is 25.3. The number of hydrogen-bond donors (Lipinski definition) is 3. The molecule has 2 atom stereocenters. The zero-order chi connectivity index (χ0) is 30.5. The summed E-state index contributed by atoms with van der Waals surface area (Å²) in [6, 6.07) is 20.4. The van der Waals surface area contributed by atoms with Gasteiger partial charge in [-0.3, -0.25) is 9.59 Å². The fraction of sp³-hybridized carbons (Fsp3) is 0.441. The molecule has 3 N–H and O–H groups in total. The summed E-state index contributed by atoms with van der Waals surface area (Å²) < 4.78 is 5.33. The number of amides is 3. The number of unbranched alkanes of at least 4 members (excludes halogenated alkanes) is 5. The molecule has 0 aliphatic heterocycles. The van der Waals surface area contributed by atoms with Gasteiger partial charge in [0.15, 0.2) is 0 Å². The minimum Gasteiger partial charge on any atom is -0.444 e. The minimum absolute atomic E-state index is 0.280. The van der Waals surface area contributed by atoms with Crippen LogP contribution in [0.5, 0.6) is 0 Å². The summed E-state index contributed by atoms with van der Waals surface area (Å²) in [6.07, 6.45) is 5.16. The lowest BCUT2D eigenvalue weighted by atomic mass is 10.0. The van der Waals surface area contributed by atoms with Gasteiger partial charge in [0.05, 0.1) is 6.61 Å². The van der Waals surface area contributed by atoms with Crippen molar-refractivity contribution in [1.29, 1.82) is 0 Å². The van der Waals surface area contributed by atoms with Gasteiger partial charge in [0.25, 0.3) is 5.91 Å². The molecule has 0 aromatic heterocycles. The molecule has 0 spiro atoms. The Bertz CT molecular complexity index is 1310. The number of ether oxygens (including phenoxy) is 1. The second-order valence-corrected chi connectivity index (χ2v) is 11.5. The van der Waals surface area contributed by atoms with Gasteiger partial charge in [-0.15, -0.1) is 0 Å². The second-order valence-electron chi connectivity index (χ2n) is 11.5. The maximum atomic E-state index is 14.0. The molecular formula is C34H45N3O5. The van der Waals surface area contributed by atoms with Crippen LogP contribution in [0.25, 0.3) is 10.8 Å². The number of fused-ring (bicyclic) bond motifs is 1. The van der Waals surface area contributed by atoms with E-state index in [4.69, 9.17) is 4.74 Å². The number of rotatable bonds is 14. The molecular weight excluding hydrogens is 530 g/mol. The summed E-state index contributed by atoms with van der Waals surface area (Å²) in [5.41, 5.74) is 0.457. The van der Waals surface area contributed by atoms with Gasteiger partial charge in [0.2, 0.25) is 5.91 Å². The molecule has 3 amide bonds. The Morgan fingerprint density at radius 1 is 0.857 bits per heavy atom. The Morgan fingerprint density at radius 2 is 1.50 bits per heavy atom. The van der Waals surface area contributed by atoms with E-state index in [9.17, 15) is 19.5 Å². The summed E-state index contributed by atoms with van der Waals surface area (Å²) in [5.74, 6) is -0.941. The highest BCUT2D eigenvalue weighted by Crippen LogP contribution is 2.26. The maximum Gasteiger partial charge on any atom is 0.408 e. The van der Waals surface area contributed by atoms with Crippen LogP contribution in [0.3, 0.4) is 0 Å². The van der Waals surface area contributed by atoms with Crippen molar-refractivity contribution in [1.82, 2.24) is 10.2 Å². The number of nitrogens with one attached hydrogen (secondary N) is 2. The minimum atomic E-state index is -1.28. The molecule has 0 saturated heterocycles. The predicted octanol–water partition coefficient (Wildman–Crippen LogP) is 6.59. The zero-order valence-electron chi connectivity index (χ0n) is 25.3. The third-order valence-corrected chi connectivity index (χ3v) is 6.90. The summed E-state index contributed by atoms with van der Waals surface area (Å²) in [5, 5.41) is 17.7. The number of aliphatic hydroxyl groups excluding tert-OH is 1. The quantitative estimate of drug-likeness (QED) is 0.188. The molecule has 8 nitrogen and oxygen atoms in total. The number of nitrogens with zero attached hydrogens (tertiary/aromatic N) is 1. The Hall–Kier alpha value is -3.91. The lowest BCUT2D eigenvalue weighted by molar-refractivity contribution is -0.141. The van der Waals surface area contributed by atoms with E-state index in [1.54, 1.807) is 32.9 Å². The van der Waals surface area contributed by atoms with Crippen molar-refractivity contribution < 1.29 is 24.2 Å². The van der Waals surface area contributed by atoms with Crippen molar-refractivity contribution in [3.63, 3.8) is 0 Å². The van der Waals surface area contributed by atoms with E-state index in [-0.39, 0.29) is 12.5 Å². The number of aliphatic hydroxyl groups is 1. The summed E-state index contributed by atoms with van der Waals surface area (Å²) >= 11 is 0. The van der Waals surface area contributed by atoms with Crippen molar-refractivity contribution in [2.75, 3.05) is 18.5 Å². The highest BCUT2D eigenvalue weighted by Gasteiger charge is 2.36. The first kappa shape index (κ1) is 32.6. The number of carbonyl (C=O) groups excluding carboxylic acids is 3. The van der Waals surface area contributed by atoms with Gasteiger partial charge >= 0.3 is 6.09 Å². The average molecular weight is 576 g/mol. The normalized spacial score (nSPS) is 12.8. The molecule has 42 heavy (non-hydrogen) atoms. The second kappa shape index (κ2) is 15.9.